The fraction of sp³-hybridized carbons (Fsp3) is 0.600. The Morgan fingerprint density at radius 1 is 1.15 bits per heavy atom. The minimum atomic E-state index is -1.06. The summed E-state index contributed by atoms with van der Waals surface area (Å²) < 4.78 is 10.3. The molecule has 0 amide bonds. The van der Waals surface area contributed by atoms with Gasteiger partial charge in [0.15, 0.2) is 11.4 Å². The van der Waals surface area contributed by atoms with Gasteiger partial charge in [0.2, 0.25) is 0 Å². The molecule has 20 heavy (non-hydrogen) atoms. The maximum atomic E-state index is 10.6. The molecule has 5 nitrogen and oxygen atoms in total. The summed E-state index contributed by atoms with van der Waals surface area (Å²) in [4.78, 5) is 14.3. The molecule has 1 aromatic heterocycles. The number of carboxylic acid groups (broad SMARTS) is 1. The predicted octanol–water partition coefficient (Wildman–Crippen LogP) is 3.39. The lowest BCUT2D eigenvalue weighted by atomic mass is 10.3. The third-order valence-corrected chi connectivity index (χ3v) is 2.13. The van der Waals surface area contributed by atoms with E-state index >= 15 is 0 Å². The second kappa shape index (κ2) is 12.4. The van der Waals surface area contributed by atoms with Crippen LogP contribution < -0.4 is 4.74 Å². The van der Waals surface area contributed by atoms with Gasteiger partial charge < -0.3 is 14.6 Å². The van der Waals surface area contributed by atoms with Gasteiger partial charge in [-0.15, -0.1) is 0 Å². The summed E-state index contributed by atoms with van der Waals surface area (Å²) in [5.41, 5.74) is -0.0315. The normalized spacial score (nSPS) is 9.55. The number of aromatic nitrogens is 1. The van der Waals surface area contributed by atoms with Crippen molar-refractivity contribution in [2.75, 3.05) is 19.8 Å². The smallest absolute Gasteiger partial charge is 0.358 e. The van der Waals surface area contributed by atoms with E-state index in [0.717, 1.165) is 32.5 Å². The lowest BCUT2D eigenvalue weighted by molar-refractivity contribution is 0.0685. The number of carboxylic acids is 1. The van der Waals surface area contributed by atoms with Crippen molar-refractivity contribution >= 4 is 5.97 Å². The van der Waals surface area contributed by atoms with Crippen LogP contribution in [0.3, 0.4) is 0 Å². The SMILES string of the molecule is CCCOCCC.CCCOc1cccnc1C(=O)O. The first kappa shape index (κ1) is 18.4. The average molecular weight is 283 g/mol. The highest BCUT2D eigenvalue weighted by molar-refractivity contribution is 5.88. The Bertz CT molecular complexity index is 365. The van der Waals surface area contributed by atoms with Crippen LogP contribution in [0.15, 0.2) is 18.3 Å². The van der Waals surface area contributed by atoms with Crippen LogP contribution in [0.25, 0.3) is 0 Å². The monoisotopic (exact) mass is 283 g/mol. The molecule has 114 valence electrons. The van der Waals surface area contributed by atoms with E-state index in [1.807, 2.05) is 6.92 Å². The standard InChI is InChI=1S/C9H11NO3.C6H14O/c1-2-6-13-7-4-3-5-10-8(7)9(11)12;1-3-5-7-6-4-2/h3-5H,2,6H2,1H3,(H,11,12);3-6H2,1-2H3. The number of hydrogen-bond donors (Lipinski definition) is 1. The summed E-state index contributed by atoms with van der Waals surface area (Å²) in [5.74, 6) is -0.733. The molecule has 1 aromatic rings. The summed E-state index contributed by atoms with van der Waals surface area (Å²) >= 11 is 0. The van der Waals surface area contributed by atoms with E-state index in [1.165, 1.54) is 6.20 Å². The second-order valence-electron chi connectivity index (χ2n) is 4.12. The van der Waals surface area contributed by atoms with Gasteiger partial charge in [-0.05, 0) is 31.4 Å². The minimum absolute atomic E-state index is 0.0315. The van der Waals surface area contributed by atoms with Crippen molar-refractivity contribution < 1.29 is 19.4 Å². The summed E-state index contributed by atoms with van der Waals surface area (Å²) in [6.07, 6.45) is 4.55. The van der Waals surface area contributed by atoms with Crippen LogP contribution in [0.4, 0.5) is 0 Å². The van der Waals surface area contributed by atoms with E-state index in [1.54, 1.807) is 12.1 Å². The molecule has 0 fully saturated rings. The number of pyridine rings is 1. The van der Waals surface area contributed by atoms with Gasteiger partial charge in [0, 0.05) is 19.4 Å². The lowest BCUT2D eigenvalue weighted by Gasteiger charge is -2.05. The minimum Gasteiger partial charge on any atom is -0.491 e. The zero-order chi connectivity index (χ0) is 15.2. The Hall–Kier alpha value is -1.62. The quantitative estimate of drug-likeness (QED) is 0.741. The highest BCUT2D eigenvalue weighted by Crippen LogP contribution is 2.14. The Morgan fingerprint density at radius 2 is 1.75 bits per heavy atom. The number of aromatic carboxylic acids is 1. The zero-order valence-corrected chi connectivity index (χ0v) is 12.6. The van der Waals surface area contributed by atoms with Gasteiger partial charge in [0.25, 0.3) is 0 Å². The molecule has 0 spiro atoms. The molecule has 0 aromatic carbocycles. The van der Waals surface area contributed by atoms with E-state index < -0.39 is 5.97 Å². The maximum Gasteiger partial charge on any atom is 0.358 e. The Balaban J connectivity index is 0.000000441. The van der Waals surface area contributed by atoms with E-state index in [4.69, 9.17) is 14.6 Å². The van der Waals surface area contributed by atoms with Crippen molar-refractivity contribution in [2.24, 2.45) is 0 Å². The molecule has 0 unspecified atom stereocenters. The topological polar surface area (TPSA) is 68.7 Å². The molecule has 1 N–H and O–H groups in total. The fourth-order valence-corrected chi connectivity index (χ4v) is 1.27. The zero-order valence-electron chi connectivity index (χ0n) is 12.6. The molecule has 0 aliphatic rings. The highest BCUT2D eigenvalue weighted by Gasteiger charge is 2.11. The fourth-order valence-electron chi connectivity index (χ4n) is 1.27. The Kier molecular flexibility index (Phi) is 11.4. The van der Waals surface area contributed by atoms with E-state index in [2.05, 4.69) is 18.8 Å². The van der Waals surface area contributed by atoms with Gasteiger partial charge in [0.1, 0.15) is 0 Å². The van der Waals surface area contributed by atoms with Crippen LogP contribution in [0.1, 0.15) is 50.5 Å². The highest BCUT2D eigenvalue weighted by atomic mass is 16.5. The molecular weight excluding hydrogens is 258 g/mol. The van der Waals surface area contributed by atoms with Crippen molar-refractivity contribution in [1.82, 2.24) is 4.98 Å². The average Bonchev–Trinajstić information content (AvgIpc) is 2.46. The molecule has 0 atom stereocenters. The first-order valence-corrected chi connectivity index (χ1v) is 7.06. The summed E-state index contributed by atoms with van der Waals surface area (Å²) in [5, 5.41) is 8.72. The van der Waals surface area contributed by atoms with Crippen LogP contribution in [-0.4, -0.2) is 35.9 Å². The van der Waals surface area contributed by atoms with Crippen molar-refractivity contribution in [2.45, 2.75) is 40.0 Å². The third kappa shape index (κ3) is 8.48. The molecule has 0 radical (unpaired) electrons. The third-order valence-electron chi connectivity index (χ3n) is 2.13. The molecule has 0 aliphatic carbocycles. The maximum absolute atomic E-state index is 10.6. The molecule has 0 saturated carbocycles. The number of hydrogen-bond acceptors (Lipinski definition) is 4. The van der Waals surface area contributed by atoms with Crippen molar-refractivity contribution in [3.63, 3.8) is 0 Å². The predicted molar refractivity (Wildman–Crippen MR) is 78.4 cm³/mol. The van der Waals surface area contributed by atoms with Gasteiger partial charge in [-0.1, -0.05) is 20.8 Å². The molecule has 0 saturated heterocycles. The van der Waals surface area contributed by atoms with Gasteiger partial charge >= 0.3 is 5.97 Å². The van der Waals surface area contributed by atoms with Gasteiger partial charge in [0.05, 0.1) is 6.61 Å². The van der Waals surface area contributed by atoms with Crippen LogP contribution in [0, 0.1) is 0 Å². The first-order valence-electron chi connectivity index (χ1n) is 7.06. The number of carbonyl (C=O) groups is 1. The van der Waals surface area contributed by atoms with Crippen molar-refractivity contribution in [3.05, 3.63) is 24.0 Å². The number of rotatable bonds is 8. The van der Waals surface area contributed by atoms with E-state index in [-0.39, 0.29) is 5.69 Å². The Morgan fingerprint density at radius 3 is 2.25 bits per heavy atom. The van der Waals surface area contributed by atoms with Crippen molar-refractivity contribution in [3.8, 4) is 5.75 Å². The van der Waals surface area contributed by atoms with Crippen LogP contribution >= 0.6 is 0 Å². The van der Waals surface area contributed by atoms with E-state index in [9.17, 15) is 4.79 Å². The Labute approximate surface area is 120 Å². The largest absolute Gasteiger partial charge is 0.491 e. The van der Waals surface area contributed by atoms with Crippen LogP contribution in [0.5, 0.6) is 5.75 Å². The summed E-state index contributed by atoms with van der Waals surface area (Å²) in [6.45, 7) is 8.55. The summed E-state index contributed by atoms with van der Waals surface area (Å²) in [6, 6.07) is 3.25. The molecular formula is C15H25NO4. The van der Waals surface area contributed by atoms with Crippen LogP contribution in [-0.2, 0) is 4.74 Å². The van der Waals surface area contributed by atoms with E-state index in [0.29, 0.717) is 12.4 Å². The summed E-state index contributed by atoms with van der Waals surface area (Å²) in [7, 11) is 0. The van der Waals surface area contributed by atoms with Gasteiger partial charge in [-0.25, -0.2) is 9.78 Å². The van der Waals surface area contributed by atoms with Gasteiger partial charge in [-0.2, -0.15) is 0 Å². The molecule has 5 heteroatoms. The molecule has 0 aliphatic heterocycles. The van der Waals surface area contributed by atoms with Crippen LogP contribution in [0.2, 0.25) is 0 Å². The molecule has 1 rings (SSSR count). The lowest BCUT2D eigenvalue weighted by Crippen LogP contribution is -2.05. The number of ether oxygens (including phenoxy) is 2. The van der Waals surface area contributed by atoms with Gasteiger partial charge in [-0.3, -0.25) is 0 Å². The molecule has 1 heterocycles. The number of nitrogens with zero attached hydrogens (tertiary/aromatic N) is 1. The van der Waals surface area contributed by atoms with Crippen molar-refractivity contribution in [1.29, 1.82) is 0 Å². The second-order valence-corrected chi connectivity index (χ2v) is 4.12. The molecule has 0 bridgehead atoms. The first-order chi connectivity index (χ1) is 9.67.